The number of carbonyl (C=O) groups excluding carboxylic acids is 2. The van der Waals surface area contributed by atoms with Crippen molar-refractivity contribution in [1.29, 1.82) is 5.26 Å². The molecule has 0 saturated heterocycles. The van der Waals surface area contributed by atoms with Crippen molar-refractivity contribution in [2.45, 2.75) is 20.3 Å². The predicted molar refractivity (Wildman–Crippen MR) is 66.0 cm³/mol. The second-order valence-electron chi connectivity index (χ2n) is 3.64. The van der Waals surface area contributed by atoms with Gasteiger partial charge in [0.2, 0.25) is 5.91 Å². The van der Waals surface area contributed by atoms with E-state index in [4.69, 9.17) is 10.00 Å². The van der Waals surface area contributed by atoms with Crippen LogP contribution in [0.5, 0.6) is 5.75 Å². The number of anilines is 1. The number of para-hydroxylation sites is 2. The Balaban J connectivity index is 3.07. The van der Waals surface area contributed by atoms with E-state index in [9.17, 15) is 9.59 Å². The number of nitrogens with zero attached hydrogens (tertiary/aromatic N) is 2. The van der Waals surface area contributed by atoms with Crippen molar-refractivity contribution < 1.29 is 14.3 Å². The van der Waals surface area contributed by atoms with Gasteiger partial charge < -0.3 is 9.64 Å². The molecule has 94 valence electrons. The summed E-state index contributed by atoms with van der Waals surface area (Å²) in [5.41, 5.74) is 0.496. The highest BCUT2D eigenvalue weighted by atomic mass is 16.5. The van der Waals surface area contributed by atoms with Crippen LogP contribution < -0.4 is 9.64 Å². The van der Waals surface area contributed by atoms with E-state index in [1.54, 1.807) is 24.3 Å². The molecule has 1 aromatic rings. The summed E-state index contributed by atoms with van der Waals surface area (Å²) < 4.78 is 5.04. The zero-order valence-electron chi connectivity index (χ0n) is 10.3. The zero-order chi connectivity index (χ0) is 13.5. The van der Waals surface area contributed by atoms with Gasteiger partial charge in [-0.25, -0.2) is 0 Å². The van der Waals surface area contributed by atoms with Crippen LogP contribution >= 0.6 is 0 Å². The fourth-order valence-electron chi connectivity index (χ4n) is 1.53. The number of esters is 1. The number of benzene rings is 1. The number of ether oxygens (including phenoxy) is 1. The van der Waals surface area contributed by atoms with E-state index >= 15 is 0 Å². The van der Waals surface area contributed by atoms with Crippen LogP contribution in [0, 0.1) is 11.3 Å². The van der Waals surface area contributed by atoms with Crippen LogP contribution in [-0.2, 0) is 9.59 Å². The molecule has 1 amide bonds. The second-order valence-corrected chi connectivity index (χ2v) is 3.64. The lowest BCUT2D eigenvalue weighted by molar-refractivity contribution is -0.132. The molecule has 0 atom stereocenters. The fraction of sp³-hybridized carbons (Fsp3) is 0.308. The summed E-state index contributed by atoms with van der Waals surface area (Å²) in [6, 6.07) is 8.72. The van der Waals surface area contributed by atoms with E-state index in [1.165, 1.54) is 18.7 Å². The number of hydrogen-bond donors (Lipinski definition) is 0. The van der Waals surface area contributed by atoms with E-state index in [1.807, 2.05) is 6.07 Å². The van der Waals surface area contributed by atoms with Crippen molar-refractivity contribution in [3.63, 3.8) is 0 Å². The Hall–Kier alpha value is -2.35. The Labute approximate surface area is 106 Å². The molecular formula is C13H14N2O3. The minimum absolute atomic E-state index is 0.204. The maximum absolute atomic E-state index is 11.6. The third kappa shape index (κ3) is 3.59. The smallest absolute Gasteiger partial charge is 0.308 e. The highest BCUT2D eigenvalue weighted by Gasteiger charge is 2.16. The van der Waals surface area contributed by atoms with Gasteiger partial charge in [-0.1, -0.05) is 12.1 Å². The molecule has 0 bridgehead atoms. The summed E-state index contributed by atoms with van der Waals surface area (Å²) in [4.78, 5) is 24.0. The Bertz CT molecular complexity index is 491. The van der Waals surface area contributed by atoms with Gasteiger partial charge in [0.15, 0.2) is 5.75 Å². The molecule has 5 heteroatoms. The maximum atomic E-state index is 11.6. The van der Waals surface area contributed by atoms with Crippen molar-refractivity contribution in [2.75, 3.05) is 11.4 Å². The van der Waals surface area contributed by atoms with Gasteiger partial charge in [-0.3, -0.25) is 9.59 Å². The molecule has 0 N–H and O–H groups in total. The van der Waals surface area contributed by atoms with Crippen LogP contribution in [0.4, 0.5) is 5.69 Å². The van der Waals surface area contributed by atoms with E-state index in [0.29, 0.717) is 11.4 Å². The summed E-state index contributed by atoms with van der Waals surface area (Å²) >= 11 is 0. The zero-order valence-corrected chi connectivity index (χ0v) is 10.3. The molecular weight excluding hydrogens is 232 g/mol. The third-order valence-corrected chi connectivity index (χ3v) is 2.24. The SMILES string of the molecule is CC(=O)Oc1ccccc1N(CCC#N)C(C)=O. The maximum Gasteiger partial charge on any atom is 0.308 e. The Morgan fingerprint density at radius 2 is 2.00 bits per heavy atom. The number of nitriles is 1. The monoisotopic (exact) mass is 246 g/mol. The van der Waals surface area contributed by atoms with Gasteiger partial charge in [0, 0.05) is 20.4 Å². The Morgan fingerprint density at radius 3 is 2.56 bits per heavy atom. The first-order chi connectivity index (χ1) is 8.56. The second kappa shape index (κ2) is 6.40. The first-order valence-corrected chi connectivity index (χ1v) is 5.48. The van der Waals surface area contributed by atoms with Gasteiger partial charge in [-0.05, 0) is 12.1 Å². The van der Waals surface area contributed by atoms with Crippen molar-refractivity contribution in [2.24, 2.45) is 0 Å². The van der Waals surface area contributed by atoms with Crippen LogP contribution in [0.25, 0.3) is 0 Å². The summed E-state index contributed by atoms with van der Waals surface area (Å²) in [6.07, 6.45) is 0.216. The summed E-state index contributed by atoms with van der Waals surface area (Å²) in [6.45, 7) is 2.97. The average molecular weight is 246 g/mol. The Morgan fingerprint density at radius 1 is 1.33 bits per heavy atom. The standard InChI is InChI=1S/C13H14N2O3/c1-10(16)15(9-5-8-14)12-6-3-4-7-13(12)18-11(2)17/h3-4,6-7H,5,9H2,1-2H3. The van der Waals surface area contributed by atoms with Crippen LogP contribution in [0.1, 0.15) is 20.3 Å². The molecule has 0 aromatic heterocycles. The van der Waals surface area contributed by atoms with Crippen LogP contribution in [0.2, 0.25) is 0 Å². The van der Waals surface area contributed by atoms with Crippen LogP contribution in [0.3, 0.4) is 0 Å². The van der Waals surface area contributed by atoms with Gasteiger partial charge in [0.05, 0.1) is 18.2 Å². The number of amides is 1. The van der Waals surface area contributed by atoms with E-state index in [0.717, 1.165) is 0 Å². The first kappa shape index (κ1) is 13.7. The minimum Gasteiger partial charge on any atom is -0.424 e. The first-order valence-electron chi connectivity index (χ1n) is 5.48. The van der Waals surface area contributed by atoms with Crippen molar-refractivity contribution >= 4 is 17.6 Å². The molecule has 0 radical (unpaired) electrons. The lowest BCUT2D eigenvalue weighted by Crippen LogP contribution is -2.29. The molecule has 5 nitrogen and oxygen atoms in total. The van der Waals surface area contributed by atoms with Crippen LogP contribution in [0.15, 0.2) is 24.3 Å². The normalized spacial score (nSPS) is 9.39. The molecule has 0 aliphatic carbocycles. The van der Waals surface area contributed by atoms with Crippen molar-refractivity contribution in [1.82, 2.24) is 0 Å². The lowest BCUT2D eigenvalue weighted by Gasteiger charge is -2.22. The van der Waals surface area contributed by atoms with Gasteiger partial charge in [0.1, 0.15) is 0 Å². The van der Waals surface area contributed by atoms with Gasteiger partial charge >= 0.3 is 5.97 Å². The average Bonchev–Trinajstić information content (AvgIpc) is 2.30. The van der Waals surface area contributed by atoms with Crippen molar-refractivity contribution in [3.05, 3.63) is 24.3 Å². The minimum atomic E-state index is -0.453. The molecule has 0 spiro atoms. The van der Waals surface area contributed by atoms with Gasteiger partial charge in [-0.15, -0.1) is 0 Å². The largest absolute Gasteiger partial charge is 0.424 e. The lowest BCUT2D eigenvalue weighted by atomic mass is 10.2. The molecule has 0 heterocycles. The molecule has 1 aromatic carbocycles. The highest BCUT2D eigenvalue weighted by Crippen LogP contribution is 2.28. The summed E-state index contributed by atoms with van der Waals surface area (Å²) in [5, 5.41) is 8.59. The fourth-order valence-corrected chi connectivity index (χ4v) is 1.53. The molecule has 1 rings (SSSR count). The number of rotatable bonds is 4. The quantitative estimate of drug-likeness (QED) is 0.600. The highest BCUT2D eigenvalue weighted by molar-refractivity contribution is 5.93. The topological polar surface area (TPSA) is 70.4 Å². The summed E-state index contributed by atoms with van der Waals surface area (Å²) in [7, 11) is 0. The molecule has 0 aliphatic rings. The van der Waals surface area contributed by atoms with E-state index in [-0.39, 0.29) is 18.9 Å². The predicted octanol–water partition coefficient (Wildman–Crippen LogP) is 1.88. The van der Waals surface area contributed by atoms with Crippen molar-refractivity contribution in [3.8, 4) is 11.8 Å². The van der Waals surface area contributed by atoms with E-state index < -0.39 is 5.97 Å². The third-order valence-electron chi connectivity index (χ3n) is 2.24. The molecule has 0 fully saturated rings. The molecule has 18 heavy (non-hydrogen) atoms. The van der Waals surface area contributed by atoms with Crippen LogP contribution in [-0.4, -0.2) is 18.4 Å². The number of carbonyl (C=O) groups is 2. The number of hydrogen-bond acceptors (Lipinski definition) is 4. The summed E-state index contributed by atoms with van der Waals surface area (Å²) in [5.74, 6) is -0.339. The molecule has 0 unspecified atom stereocenters. The molecule has 0 saturated carbocycles. The Kier molecular flexibility index (Phi) is 4.88. The van der Waals surface area contributed by atoms with Gasteiger partial charge in [0.25, 0.3) is 0 Å². The van der Waals surface area contributed by atoms with Gasteiger partial charge in [-0.2, -0.15) is 5.26 Å². The molecule has 0 aliphatic heterocycles. The van der Waals surface area contributed by atoms with E-state index in [2.05, 4.69) is 0 Å².